The molecule has 2 N–H and O–H groups in total. The SMILES string of the molecule is C#Cc1cc(C(F)(F)F)cc(CCCC(C)C(OC(N)=O)c2ccccc2)n1. The van der Waals surface area contributed by atoms with Crippen LogP contribution in [0.15, 0.2) is 42.5 Å². The molecular formula is C21H21F3N2O2. The van der Waals surface area contributed by atoms with Crippen LogP contribution < -0.4 is 5.73 Å². The van der Waals surface area contributed by atoms with E-state index >= 15 is 0 Å². The predicted octanol–water partition coefficient (Wildman–Crippen LogP) is 4.88. The fourth-order valence-electron chi connectivity index (χ4n) is 2.99. The van der Waals surface area contributed by atoms with Crippen LogP contribution >= 0.6 is 0 Å². The zero-order valence-corrected chi connectivity index (χ0v) is 15.4. The van der Waals surface area contributed by atoms with Crippen molar-refractivity contribution in [2.45, 2.75) is 38.5 Å². The number of benzene rings is 1. The van der Waals surface area contributed by atoms with Gasteiger partial charge in [0.05, 0.1) is 5.56 Å². The highest BCUT2D eigenvalue weighted by Gasteiger charge is 2.31. The first kappa shape index (κ1) is 21.3. The molecule has 1 amide bonds. The monoisotopic (exact) mass is 390 g/mol. The molecule has 148 valence electrons. The number of primary amides is 1. The number of aryl methyl sites for hydroxylation is 1. The number of hydrogen-bond donors (Lipinski definition) is 1. The molecule has 2 aromatic rings. The van der Waals surface area contributed by atoms with Crippen LogP contribution in [-0.4, -0.2) is 11.1 Å². The number of alkyl halides is 3. The third-order valence-electron chi connectivity index (χ3n) is 4.33. The molecule has 2 atom stereocenters. The molecule has 28 heavy (non-hydrogen) atoms. The van der Waals surface area contributed by atoms with Gasteiger partial charge in [-0.2, -0.15) is 13.2 Å². The van der Waals surface area contributed by atoms with Crippen molar-refractivity contribution in [2.24, 2.45) is 11.7 Å². The number of carbonyl (C=O) groups is 1. The summed E-state index contributed by atoms with van der Waals surface area (Å²) in [5, 5.41) is 0. The first-order valence-corrected chi connectivity index (χ1v) is 8.76. The quantitative estimate of drug-likeness (QED) is 0.686. The van der Waals surface area contributed by atoms with E-state index in [0.717, 1.165) is 17.7 Å². The smallest absolute Gasteiger partial charge is 0.416 e. The van der Waals surface area contributed by atoms with Crippen LogP contribution in [-0.2, 0) is 17.3 Å². The topological polar surface area (TPSA) is 65.2 Å². The molecule has 0 bridgehead atoms. The Balaban J connectivity index is 2.07. The Morgan fingerprint density at radius 1 is 1.29 bits per heavy atom. The number of amides is 1. The number of terminal acetylenes is 1. The highest BCUT2D eigenvalue weighted by Crippen LogP contribution is 2.31. The maximum absolute atomic E-state index is 13.0. The molecule has 1 aromatic carbocycles. The van der Waals surface area contributed by atoms with E-state index in [1.165, 1.54) is 0 Å². The second-order valence-corrected chi connectivity index (χ2v) is 6.51. The molecule has 0 saturated heterocycles. The number of halogens is 3. The summed E-state index contributed by atoms with van der Waals surface area (Å²) in [5.41, 5.74) is 5.41. The van der Waals surface area contributed by atoms with E-state index < -0.39 is 23.9 Å². The molecule has 0 aliphatic heterocycles. The minimum Gasteiger partial charge on any atom is -0.441 e. The van der Waals surface area contributed by atoms with Crippen LogP contribution in [0.4, 0.5) is 18.0 Å². The van der Waals surface area contributed by atoms with E-state index in [9.17, 15) is 18.0 Å². The van der Waals surface area contributed by atoms with E-state index in [1.807, 2.05) is 37.3 Å². The maximum atomic E-state index is 13.0. The Bertz CT molecular complexity index is 845. The Morgan fingerprint density at radius 2 is 1.96 bits per heavy atom. The lowest BCUT2D eigenvalue weighted by Crippen LogP contribution is -2.22. The van der Waals surface area contributed by atoms with Crippen LogP contribution in [0.2, 0.25) is 0 Å². The summed E-state index contributed by atoms with van der Waals surface area (Å²) < 4.78 is 44.2. The summed E-state index contributed by atoms with van der Waals surface area (Å²) in [4.78, 5) is 15.3. The molecule has 2 unspecified atom stereocenters. The minimum atomic E-state index is -4.48. The molecule has 4 nitrogen and oxygen atoms in total. The fraction of sp³-hybridized carbons (Fsp3) is 0.333. The second-order valence-electron chi connectivity index (χ2n) is 6.51. The van der Waals surface area contributed by atoms with E-state index in [-0.39, 0.29) is 17.3 Å². The van der Waals surface area contributed by atoms with Crippen LogP contribution in [0, 0.1) is 18.3 Å². The number of carbonyl (C=O) groups excluding carboxylic acids is 1. The summed E-state index contributed by atoms with van der Waals surface area (Å²) in [7, 11) is 0. The standard InChI is InChI=1S/C21H21F3N2O2/c1-3-17-12-16(21(22,23)24)13-18(26-17)11-7-8-14(2)19(28-20(25)27)15-9-5-4-6-10-15/h1,4-6,9-10,12-14,19H,7-8,11H2,2H3,(H2,25,27). The first-order valence-electron chi connectivity index (χ1n) is 8.76. The van der Waals surface area contributed by atoms with Gasteiger partial charge < -0.3 is 10.5 Å². The van der Waals surface area contributed by atoms with Crippen molar-refractivity contribution < 1.29 is 22.7 Å². The van der Waals surface area contributed by atoms with Crippen LogP contribution in [0.5, 0.6) is 0 Å². The summed E-state index contributed by atoms with van der Waals surface area (Å²) in [6.45, 7) is 1.90. The van der Waals surface area contributed by atoms with E-state index in [4.69, 9.17) is 16.9 Å². The summed E-state index contributed by atoms with van der Waals surface area (Å²) >= 11 is 0. The molecule has 0 aliphatic rings. The van der Waals surface area contributed by atoms with Crippen molar-refractivity contribution in [1.82, 2.24) is 4.98 Å². The molecule has 0 fully saturated rings. The normalized spacial score (nSPS) is 13.4. The Hall–Kier alpha value is -3.01. The molecule has 1 aromatic heterocycles. The van der Waals surface area contributed by atoms with Gasteiger partial charge in [0.25, 0.3) is 0 Å². The van der Waals surface area contributed by atoms with Gasteiger partial charge in [-0.25, -0.2) is 9.78 Å². The van der Waals surface area contributed by atoms with Crippen molar-refractivity contribution in [3.8, 4) is 12.3 Å². The number of aromatic nitrogens is 1. The fourth-order valence-corrected chi connectivity index (χ4v) is 2.99. The van der Waals surface area contributed by atoms with Gasteiger partial charge in [0.2, 0.25) is 0 Å². The second kappa shape index (κ2) is 9.27. The van der Waals surface area contributed by atoms with Gasteiger partial charge in [-0.3, -0.25) is 0 Å². The van der Waals surface area contributed by atoms with Gasteiger partial charge in [0.1, 0.15) is 11.8 Å². The number of nitrogens with two attached hydrogens (primary N) is 1. The predicted molar refractivity (Wildman–Crippen MR) is 99.1 cm³/mol. The first-order chi connectivity index (χ1) is 13.2. The number of rotatable bonds is 7. The van der Waals surface area contributed by atoms with E-state index in [0.29, 0.717) is 19.3 Å². The Labute approximate surface area is 161 Å². The van der Waals surface area contributed by atoms with Gasteiger partial charge >= 0.3 is 12.3 Å². The molecule has 2 rings (SSSR count). The van der Waals surface area contributed by atoms with Crippen molar-refractivity contribution in [2.75, 3.05) is 0 Å². The minimum absolute atomic E-state index is 0.0444. The molecule has 0 radical (unpaired) electrons. The van der Waals surface area contributed by atoms with Crippen LogP contribution in [0.1, 0.15) is 48.4 Å². The van der Waals surface area contributed by atoms with E-state index in [2.05, 4.69) is 10.9 Å². The van der Waals surface area contributed by atoms with Crippen LogP contribution in [0.25, 0.3) is 0 Å². The molecular weight excluding hydrogens is 369 g/mol. The average molecular weight is 390 g/mol. The highest BCUT2D eigenvalue weighted by atomic mass is 19.4. The van der Waals surface area contributed by atoms with Crippen molar-refractivity contribution in [3.63, 3.8) is 0 Å². The molecule has 0 aliphatic carbocycles. The zero-order chi connectivity index (χ0) is 20.7. The van der Waals surface area contributed by atoms with Crippen molar-refractivity contribution >= 4 is 6.09 Å². The van der Waals surface area contributed by atoms with Crippen LogP contribution in [0.3, 0.4) is 0 Å². The number of nitrogens with zero attached hydrogens (tertiary/aromatic N) is 1. The Morgan fingerprint density at radius 3 is 2.54 bits per heavy atom. The van der Waals surface area contributed by atoms with Gasteiger partial charge in [0, 0.05) is 5.69 Å². The number of pyridine rings is 1. The molecule has 7 heteroatoms. The van der Waals surface area contributed by atoms with Crippen molar-refractivity contribution in [1.29, 1.82) is 0 Å². The van der Waals surface area contributed by atoms with Gasteiger partial charge in [-0.15, -0.1) is 6.42 Å². The van der Waals surface area contributed by atoms with Gasteiger partial charge in [0.15, 0.2) is 0 Å². The summed E-state index contributed by atoms with van der Waals surface area (Å²) in [6.07, 6.45) is 0.788. The lowest BCUT2D eigenvalue weighted by molar-refractivity contribution is -0.137. The molecule has 0 spiro atoms. The maximum Gasteiger partial charge on any atom is 0.416 e. The number of hydrogen-bond acceptors (Lipinski definition) is 3. The molecule has 0 saturated carbocycles. The van der Waals surface area contributed by atoms with E-state index in [1.54, 1.807) is 0 Å². The highest BCUT2D eigenvalue weighted by molar-refractivity contribution is 5.65. The van der Waals surface area contributed by atoms with Gasteiger partial charge in [-0.1, -0.05) is 43.2 Å². The zero-order valence-electron chi connectivity index (χ0n) is 15.4. The molecule has 1 heterocycles. The lowest BCUT2D eigenvalue weighted by atomic mass is 9.92. The average Bonchev–Trinajstić information content (AvgIpc) is 2.65. The largest absolute Gasteiger partial charge is 0.441 e. The number of ether oxygens (including phenoxy) is 1. The van der Waals surface area contributed by atoms with Gasteiger partial charge in [-0.05, 0) is 42.9 Å². The Kier molecular flexibility index (Phi) is 7.05. The summed E-state index contributed by atoms with van der Waals surface area (Å²) in [6, 6.07) is 11.0. The summed E-state index contributed by atoms with van der Waals surface area (Å²) in [5.74, 6) is 2.07. The third kappa shape index (κ3) is 6.02. The lowest BCUT2D eigenvalue weighted by Gasteiger charge is -2.23. The van der Waals surface area contributed by atoms with Crippen molar-refractivity contribution in [3.05, 3.63) is 65.0 Å². The third-order valence-corrected chi connectivity index (χ3v) is 4.33.